The van der Waals surface area contributed by atoms with Crippen molar-refractivity contribution in [3.8, 4) is 22.4 Å². The van der Waals surface area contributed by atoms with Gasteiger partial charge in [0.1, 0.15) is 11.4 Å². The van der Waals surface area contributed by atoms with E-state index in [1.165, 1.54) is 11.3 Å². The smallest absolute Gasteiger partial charge is 0.345 e. The van der Waals surface area contributed by atoms with Gasteiger partial charge < -0.3 is 19.0 Å². The number of rotatable bonds is 7. The molecular weight excluding hydrogens is 462 g/mol. The van der Waals surface area contributed by atoms with Gasteiger partial charge in [0.25, 0.3) is 0 Å². The lowest BCUT2D eigenvalue weighted by atomic mass is 10.0. The molecule has 1 fully saturated rings. The number of aromatic carboxylic acids is 1. The fourth-order valence-corrected chi connectivity index (χ4v) is 6.04. The van der Waals surface area contributed by atoms with E-state index >= 15 is 0 Å². The summed E-state index contributed by atoms with van der Waals surface area (Å²) < 4.78 is 8.22. The molecule has 4 aromatic rings. The van der Waals surface area contributed by atoms with E-state index in [-0.39, 0.29) is 23.4 Å². The molecule has 1 saturated heterocycles. The number of hydrogen-bond donors (Lipinski definition) is 1. The van der Waals surface area contributed by atoms with E-state index in [2.05, 4.69) is 18.7 Å². The Kier molecular flexibility index (Phi) is 6.25. The van der Waals surface area contributed by atoms with E-state index < -0.39 is 5.97 Å². The van der Waals surface area contributed by atoms with Gasteiger partial charge in [0.2, 0.25) is 5.91 Å². The molecule has 1 amide bonds. The maximum Gasteiger partial charge on any atom is 0.345 e. The molecule has 0 saturated carbocycles. The maximum absolute atomic E-state index is 13.6. The zero-order valence-corrected chi connectivity index (χ0v) is 20.9. The summed E-state index contributed by atoms with van der Waals surface area (Å²) in [5.41, 5.74) is 4.35. The van der Waals surface area contributed by atoms with Crippen LogP contribution in [0, 0.1) is 0 Å². The van der Waals surface area contributed by atoms with Gasteiger partial charge in [-0.2, -0.15) is 0 Å². The number of nitrogens with zero attached hydrogens (tertiary/aromatic N) is 3. The highest BCUT2D eigenvalue weighted by atomic mass is 32.1. The molecule has 0 bridgehead atoms. The van der Waals surface area contributed by atoms with Gasteiger partial charge in [0, 0.05) is 43.3 Å². The van der Waals surface area contributed by atoms with Gasteiger partial charge in [-0.05, 0) is 38.0 Å². The highest BCUT2D eigenvalue weighted by Crippen LogP contribution is 2.44. The van der Waals surface area contributed by atoms with E-state index in [0.717, 1.165) is 52.1 Å². The number of benzene rings is 1. The van der Waals surface area contributed by atoms with Crippen molar-refractivity contribution in [1.82, 2.24) is 14.4 Å². The van der Waals surface area contributed by atoms with E-state index in [9.17, 15) is 14.7 Å². The molecule has 1 aliphatic heterocycles. The fourth-order valence-electron chi connectivity index (χ4n) is 4.97. The van der Waals surface area contributed by atoms with Gasteiger partial charge >= 0.3 is 5.97 Å². The number of amides is 1. The molecule has 1 atom stereocenters. The van der Waals surface area contributed by atoms with E-state index in [4.69, 9.17) is 4.42 Å². The van der Waals surface area contributed by atoms with Crippen molar-refractivity contribution in [2.45, 2.75) is 38.9 Å². The molecule has 1 aromatic carbocycles. The van der Waals surface area contributed by atoms with Crippen molar-refractivity contribution < 1.29 is 19.1 Å². The number of fused-ring (bicyclic) bond motifs is 1. The van der Waals surface area contributed by atoms with Crippen LogP contribution in [0.15, 0.2) is 59.4 Å². The van der Waals surface area contributed by atoms with Gasteiger partial charge in [-0.3, -0.25) is 9.69 Å². The Morgan fingerprint density at radius 1 is 1.20 bits per heavy atom. The number of likely N-dealkylation sites (N-methyl/N-ethyl adjacent to an activating group) is 1. The number of carbonyl (C=O) groups is 2. The zero-order chi connectivity index (χ0) is 24.7. The standard InChI is InChI=1S/C27H29N3O4S/c1-17(2)29-11-9-20(14-29)28(3)23(31)15-30-21-13-22(27(32)33)35-26(21)24(18-7-5-4-6-8-18)25(30)19-10-12-34-16-19/h4-8,10,12-13,16-17,20H,9,11,14-15H2,1-3H3,(H,32,33). The lowest BCUT2D eigenvalue weighted by Gasteiger charge is -2.27. The van der Waals surface area contributed by atoms with Gasteiger partial charge in [0.15, 0.2) is 0 Å². The van der Waals surface area contributed by atoms with Gasteiger partial charge in [-0.15, -0.1) is 11.3 Å². The summed E-state index contributed by atoms with van der Waals surface area (Å²) >= 11 is 1.24. The third-order valence-corrected chi connectivity index (χ3v) is 8.09. The predicted octanol–water partition coefficient (Wildman–Crippen LogP) is 5.27. The van der Waals surface area contributed by atoms with E-state index in [0.29, 0.717) is 6.04 Å². The van der Waals surface area contributed by atoms with Crippen LogP contribution in [0.25, 0.3) is 32.6 Å². The Balaban J connectivity index is 1.61. The molecule has 1 aliphatic rings. The van der Waals surface area contributed by atoms with Crippen molar-refractivity contribution in [2.75, 3.05) is 20.1 Å². The second kappa shape index (κ2) is 9.36. The number of carboxylic acids is 1. The fraction of sp³-hybridized carbons (Fsp3) is 0.333. The molecule has 182 valence electrons. The minimum atomic E-state index is -0.968. The van der Waals surface area contributed by atoms with E-state index in [1.807, 2.05) is 52.9 Å². The first kappa shape index (κ1) is 23.4. The van der Waals surface area contributed by atoms with E-state index in [1.54, 1.807) is 18.6 Å². The topological polar surface area (TPSA) is 78.9 Å². The first-order valence-electron chi connectivity index (χ1n) is 11.8. The Hall–Kier alpha value is -3.36. The molecule has 7 nitrogen and oxygen atoms in total. The summed E-state index contributed by atoms with van der Waals surface area (Å²) in [5.74, 6) is -0.963. The number of carboxylic acid groups (broad SMARTS) is 1. The number of likely N-dealkylation sites (tertiary alicyclic amines) is 1. The van der Waals surface area contributed by atoms with Crippen LogP contribution >= 0.6 is 11.3 Å². The van der Waals surface area contributed by atoms with Crippen molar-refractivity contribution >= 4 is 33.4 Å². The van der Waals surface area contributed by atoms with Crippen molar-refractivity contribution in [3.05, 3.63) is 59.9 Å². The van der Waals surface area contributed by atoms with Crippen LogP contribution in [0.5, 0.6) is 0 Å². The normalized spacial score (nSPS) is 16.4. The average Bonchev–Trinajstić information content (AvgIpc) is 3.63. The molecule has 0 aliphatic carbocycles. The highest BCUT2D eigenvalue weighted by molar-refractivity contribution is 7.21. The van der Waals surface area contributed by atoms with Crippen LogP contribution in [0.4, 0.5) is 0 Å². The number of carbonyl (C=O) groups excluding carboxylic acids is 1. The molecule has 1 N–H and O–H groups in total. The largest absolute Gasteiger partial charge is 0.477 e. The second-order valence-corrected chi connectivity index (χ2v) is 10.4. The average molecular weight is 492 g/mol. The third kappa shape index (κ3) is 4.28. The highest BCUT2D eigenvalue weighted by Gasteiger charge is 2.31. The lowest BCUT2D eigenvalue weighted by Crippen LogP contribution is -2.41. The number of hydrogen-bond acceptors (Lipinski definition) is 5. The molecule has 8 heteroatoms. The Bertz CT molecular complexity index is 1350. The molecule has 3 aromatic heterocycles. The molecule has 4 heterocycles. The summed E-state index contributed by atoms with van der Waals surface area (Å²) in [6.45, 7) is 6.33. The van der Waals surface area contributed by atoms with Crippen LogP contribution in [0.3, 0.4) is 0 Å². The predicted molar refractivity (Wildman–Crippen MR) is 138 cm³/mol. The summed E-state index contributed by atoms with van der Waals surface area (Å²) in [7, 11) is 1.88. The van der Waals surface area contributed by atoms with Crippen LogP contribution in [0.2, 0.25) is 0 Å². The molecular formula is C27H29N3O4S. The molecule has 0 radical (unpaired) electrons. The summed E-state index contributed by atoms with van der Waals surface area (Å²) in [6, 6.07) is 14.1. The van der Waals surface area contributed by atoms with Gasteiger partial charge in [0.05, 0.1) is 28.4 Å². The summed E-state index contributed by atoms with van der Waals surface area (Å²) in [4.78, 5) is 29.9. The maximum atomic E-state index is 13.6. The van der Waals surface area contributed by atoms with Gasteiger partial charge in [-0.1, -0.05) is 30.3 Å². The Morgan fingerprint density at radius 2 is 1.97 bits per heavy atom. The van der Waals surface area contributed by atoms with Crippen molar-refractivity contribution in [2.24, 2.45) is 0 Å². The molecule has 1 unspecified atom stereocenters. The second-order valence-electron chi connectivity index (χ2n) is 9.35. The lowest BCUT2D eigenvalue weighted by molar-refractivity contribution is -0.132. The van der Waals surface area contributed by atoms with Crippen molar-refractivity contribution in [3.63, 3.8) is 0 Å². The Morgan fingerprint density at radius 3 is 2.60 bits per heavy atom. The quantitative estimate of drug-likeness (QED) is 0.381. The number of aromatic nitrogens is 1. The van der Waals surface area contributed by atoms with Gasteiger partial charge in [-0.25, -0.2) is 4.79 Å². The van der Waals surface area contributed by atoms with Crippen LogP contribution in [-0.2, 0) is 11.3 Å². The first-order valence-corrected chi connectivity index (χ1v) is 12.6. The molecule has 35 heavy (non-hydrogen) atoms. The van der Waals surface area contributed by atoms with Crippen LogP contribution in [0.1, 0.15) is 29.9 Å². The minimum Gasteiger partial charge on any atom is -0.477 e. The van der Waals surface area contributed by atoms with Crippen LogP contribution < -0.4 is 0 Å². The Labute approximate surface area is 208 Å². The molecule has 5 rings (SSSR count). The first-order chi connectivity index (χ1) is 16.8. The van der Waals surface area contributed by atoms with Crippen molar-refractivity contribution in [1.29, 1.82) is 0 Å². The van der Waals surface area contributed by atoms with Crippen LogP contribution in [-0.4, -0.2) is 63.6 Å². The SMILES string of the molecule is CC(C)N1CCC(N(C)C(=O)Cn2c(-c3ccoc3)c(-c3ccccc3)c3sc(C(=O)O)cc32)C1. The zero-order valence-electron chi connectivity index (χ0n) is 20.1. The third-order valence-electron chi connectivity index (χ3n) is 6.96. The summed E-state index contributed by atoms with van der Waals surface area (Å²) in [6.07, 6.45) is 4.24. The number of thiophene rings is 1. The minimum absolute atomic E-state index is 0.00457. The number of furan rings is 1. The molecule has 0 spiro atoms. The summed E-state index contributed by atoms with van der Waals surface area (Å²) in [5, 5.41) is 9.70. The monoisotopic (exact) mass is 491 g/mol.